The molecule has 4 atom stereocenters. The summed E-state index contributed by atoms with van der Waals surface area (Å²) in [4.78, 5) is 25.0. The van der Waals surface area contributed by atoms with Crippen molar-refractivity contribution >= 4 is 35.0 Å². The Morgan fingerprint density at radius 1 is 0.786 bits per heavy atom. The Morgan fingerprint density at radius 3 is 2.05 bits per heavy atom. The van der Waals surface area contributed by atoms with Gasteiger partial charge >= 0.3 is 0 Å². The maximum Gasteiger partial charge on any atom is 0.255 e. The number of amides is 2. The van der Waals surface area contributed by atoms with E-state index in [-0.39, 0.29) is 36.5 Å². The molecule has 7 nitrogen and oxygen atoms in total. The molecule has 0 radical (unpaired) electrons. The lowest BCUT2D eigenvalue weighted by Gasteiger charge is -2.41. The molecule has 5 rings (SSSR count). The molecule has 0 unspecified atom stereocenters. The second-order valence-corrected chi connectivity index (χ2v) is 11.4. The lowest BCUT2D eigenvalue weighted by molar-refractivity contribution is -0.268. The maximum absolute atomic E-state index is 12.6. The van der Waals surface area contributed by atoms with E-state index in [0.29, 0.717) is 17.0 Å². The highest BCUT2D eigenvalue weighted by molar-refractivity contribution is 7.99. The topological polar surface area (TPSA) is 96.9 Å². The van der Waals surface area contributed by atoms with Crippen LogP contribution in [-0.2, 0) is 20.9 Å². The Labute approximate surface area is 250 Å². The smallest absolute Gasteiger partial charge is 0.255 e. The van der Waals surface area contributed by atoms with Gasteiger partial charge in [0.15, 0.2) is 6.29 Å². The van der Waals surface area contributed by atoms with E-state index >= 15 is 0 Å². The van der Waals surface area contributed by atoms with Crippen molar-refractivity contribution in [2.45, 2.75) is 43.8 Å². The van der Waals surface area contributed by atoms with Gasteiger partial charge in [0, 0.05) is 46.0 Å². The zero-order valence-corrected chi connectivity index (χ0v) is 24.3. The van der Waals surface area contributed by atoms with Gasteiger partial charge in [-0.15, -0.1) is 11.8 Å². The van der Waals surface area contributed by atoms with Gasteiger partial charge in [-0.05, 0) is 59.7 Å². The molecule has 0 spiro atoms. The van der Waals surface area contributed by atoms with Crippen molar-refractivity contribution < 1.29 is 24.2 Å². The third-order valence-corrected chi connectivity index (χ3v) is 8.29. The zero-order valence-electron chi connectivity index (χ0n) is 23.5. The first-order valence-electron chi connectivity index (χ1n) is 13.9. The van der Waals surface area contributed by atoms with Crippen LogP contribution >= 0.6 is 11.8 Å². The van der Waals surface area contributed by atoms with Crippen molar-refractivity contribution in [1.82, 2.24) is 0 Å². The molecule has 1 aliphatic heterocycles. The van der Waals surface area contributed by atoms with E-state index in [1.165, 1.54) is 6.92 Å². The first-order chi connectivity index (χ1) is 20.4. The van der Waals surface area contributed by atoms with Crippen molar-refractivity contribution in [3.05, 3.63) is 125 Å². The second-order valence-electron chi connectivity index (χ2n) is 10.3. The molecule has 2 amide bonds. The molecule has 42 heavy (non-hydrogen) atoms. The van der Waals surface area contributed by atoms with Crippen LogP contribution in [0.25, 0.3) is 0 Å². The third-order valence-electron chi connectivity index (χ3n) is 7.19. The predicted molar refractivity (Wildman–Crippen MR) is 165 cm³/mol. The van der Waals surface area contributed by atoms with Gasteiger partial charge in [0.2, 0.25) is 5.91 Å². The molecule has 0 saturated carbocycles. The highest BCUT2D eigenvalue weighted by Gasteiger charge is 2.38. The summed E-state index contributed by atoms with van der Waals surface area (Å²) in [6, 6.07) is 32.2. The molecular weight excluding hydrogens is 548 g/mol. The van der Waals surface area contributed by atoms with Gasteiger partial charge in [0.1, 0.15) is 0 Å². The normalized spacial score (nSPS) is 20.1. The molecule has 1 aliphatic rings. The average molecular weight is 583 g/mol. The Hall–Kier alpha value is -3.95. The van der Waals surface area contributed by atoms with Crippen LogP contribution in [0.5, 0.6) is 0 Å². The molecule has 1 fully saturated rings. The minimum atomic E-state index is -0.602. The number of aliphatic hydroxyl groups is 1. The third kappa shape index (κ3) is 7.46. The standard InChI is InChI=1S/C34H34N2O5S/c1-22-31(21-42-30-18-16-28(17-19-30)35-23(2)38)40-34(41-32(22)25-10-8-24(20-37)9-11-25)27-12-14-29(15-13-27)36-33(39)26-6-4-3-5-7-26/h3-19,22,31-32,34,37H,20-21H2,1-2H3,(H,35,38)(H,36,39)/t22-,31+,32+,34+/m1/s1. The number of hydrogen-bond donors (Lipinski definition) is 3. The van der Waals surface area contributed by atoms with E-state index in [0.717, 1.165) is 27.3 Å². The van der Waals surface area contributed by atoms with Crippen molar-refractivity contribution in [2.75, 3.05) is 16.4 Å². The maximum atomic E-state index is 12.6. The number of ether oxygens (including phenoxy) is 2. The van der Waals surface area contributed by atoms with E-state index in [1.807, 2.05) is 91.0 Å². The number of hydrogen-bond acceptors (Lipinski definition) is 6. The van der Waals surface area contributed by atoms with Crippen LogP contribution in [0.4, 0.5) is 11.4 Å². The average Bonchev–Trinajstić information content (AvgIpc) is 3.02. The molecule has 1 saturated heterocycles. The number of thioether (sulfide) groups is 1. The highest BCUT2D eigenvalue weighted by atomic mass is 32.2. The number of rotatable bonds is 9. The number of aliphatic hydroxyl groups excluding tert-OH is 1. The molecule has 4 aromatic rings. The number of carbonyl (C=O) groups is 2. The minimum absolute atomic E-state index is 0.0136. The van der Waals surface area contributed by atoms with Crippen molar-refractivity contribution in [1.29, 1.82) is 0 Å². The van der Waals surface area contributed by atoms with Gasteiger partial charge in [-0.3, -0.25) is 9.59 Å². The molecule has 3 N–H and O–H groups in total. The van der Waals surface area contributed by atoms with E-state index in [2.05, 4.69) is 17.6 Å². The Bertz CT molecular complexity index is 1480. The lowest BCUT2D eigenvalue weighted by atomic mass is 9.91. The van der Waals surface area contributed by atoms with Crippen LogP contribution in [0.3, 0.4) is 0 Å². The van der Waals surface area contributed by atoms with Crippen LogP contribution in [0.2, 0.25) is 0 Å². The molecule has 0 aromatic heterocycles. The summed E-state index contributed by atoms with van der Waals surface area (Å²) >= 11 is 1.69. The SMILES string of the molecule is CC(=O)Nc1ccc(SC[C@@H]2O[C@H](c3ccc(NC(=O)c4ccccc4)cc3)O[C@H](c3ccc(CO)cc3)[C@@H]2C)cc1. The quantitative estimate of drug-likeness (QED) is 0.184. The van der Waals surface area contributed by atoms with E-state index in [4.69, 9.17) is 9.47 Å². The Balaban J connectivity index is 1.32. The first kappa shape index (κ1) is 29.5. The number of benzene rings is 4. The van der Waals surface area contributed by atoms with Crippen LogP contribution in [0.1, 0.15) is 53.3 Å². The fraction of sp³-hybridized carbons (Fsp3) is 0.235. The molecular formula is C34H34N2O5S. The second kappa shape index (κ2) is 13.8. The van der Waals surface area contributed by atoms with Crippen molar-refractivity contribution in [2.24, 2.45) is 5.92 Å². The number of anilines is 2. The van der Waals surface area contributed by atoms with Gasteiger partial charge in [-0.25, -0.2) is 0 Å². The summed E-state index contributed by atoms with van der Waals surface area (Å²) in [7, 11) is 0. The summed E-state index contributed by atoms with van der Waals surface area (Å²) in [5, 5.41) is 15.2. The van der Waals surface area contributed by atoms with Gasteiger partial charge in [0.25, 0.3) is 5.91 Å². The Kier molecular flexibility index (Phi) is 9.71. The van der Waals surface area contributed by atoms with Crippen molar-refractivity contribution in [3.8, 4) is 0 Å². The minimum Gasteiger partial charge on any atom is -0.392 e. The monoisotopic (exact) mass is 582 g/mol. The Morgan fingerprint density at radius 2 is 1.40 bits per heavy atom. The van der Waals surface area contributed by atoms with E-state index in [9.17, 15) is 14.7 Å². The van der Waals surface area contributed by atoms with Crippen LogP contribution in [-0.4, -0.2) is 28.8 Å². The number of nitrogens with one attached hydrogen (secondary N) is 2. The van der Waals surface area contributed by atoms with Crippen LogP contribution < -0.4 is 10.6 Å². The summed E-state index contributed by atoms with van der Waals surface area (Å²) in [5.41, 5.74) is 4.76. The fourth-order valence-electron chi connectivity index (χ4n) is 4.84. The largest absolute Gasteiger partial charge is 0.392 e. The molecule has 8 heteroatoms. The number of carbonyl (C=O) groups excluding carboxylic acids is 2. The van der Waals surface area contributed by atoms with Gasteiger partial charge in [-0.2, -0.15) is 0 Å². The molecule has 0 aliphatic carbocycles. The van der Waals surface area contributed by atoms with Crippen molar-refractivity contribution in [3.63, 3.8) is 0 Å². The van der Waals surface area contributed by atoms with E-state index < -0.39 is 6.29 Å². The van der Waals surface area contributed by atoms with Crippen LogP contribution in [0.15, 0.2) is 108 Å². The van der Waals surface area contributed by atoms with E-state index in [1.54, 1.807) is 23.9 Å². The summed E-state index contributed by atoms with van der Waals surface area (Å²) in [5.74, 6) is 0.486. The predicted octanol–water partition coefficient (Wildman–Crippen LogP) is 6.97. The van der Waals surface area contributed by atoms with Crippen LogP contribution in [0, 0.1) is 5.92 Å². The highest BCUT2D eigenvalue weighted by Crippen LogP contribution is 2.43. The van der Waals surface area contributed by atoms with Gasteiger partial charge < -0.3 is 25.2 Å². The zero-order chi connectivity index (χ0) is 29.5. The molecule has 4 aromatic carbocycles. The van der Waals surface area contributed by atoms with Gasteiger partial charge in [-0.1, -0.05) is 61.5 Å². The summed E-state index contributed by atoms with van der Waals surface area (Å²) in [6.07, 6.45) is -0.944. The molecule has 0 bridgehead atoms. The van der Waals surface area contributed by atoms with Gasteiger partial charge in [0.05, 0.1) is 18.8 Å². The molecule has 216 valence electrons. The summed E-state index contributed by atoms with van der Waals surface area (Å²) < 4.78 is 13.1. The molecule has 1 heterocycles. The fourth-order valence-corrected chi connectivity index (χ4v) is 5.91. The summed E-state index contributed by atoms with van der Waals surface area (Å²) in [6.45, 7) is 3.61. The first-order valence-corrected chi connectivity index (χ1v) is 14.9. The lowest BCUT2D eigenvalue weighted by Crippen LogP contribution is -2.38.